The van der Waals surface area contributed by atoms with Crippen LogP contribution in [0.5, 0.6) is 11.5 Å². The molecule has 3 rings (SSSR count). The van der Waals surface area contributed by atoms with E-state index in [1.807, 2.05) is 0 Å². The van der Waals surface area contributed by atoms with Gasteiger partial charge in [-0.25, -0.2) is 4.79 Å². The standard InChI is InChI=1S/C30H40N5O8/c1-29(2)30(3,4)35(42)27(34(29)41)20-10-14-22(15-11-20)43-18-25(37)32-24(17-19-8-12-21(36)13-9-19)26(38)33-23(28(39)40)7-5-6-16-31/h8-15,23-24,36H,5-7,16-18,31H2,1-4H3,(H,32,37)(H,33,38)(H,39,40)/t23-,24-/m0/s1. The molecule has 0 fully saturated rings. The van der Waals surface area contributed by atoms with E-state index in [9.17, 15) is 35.0 Å². The molecule has 43 heavy (non-hydrogen) atoms. The predicted octanol–water partition coefficient (Wildman–Crippen LogP) is 1.67. The van der Waals surface area contributed by atoms with Crippen molar-refractivity contribution in [2.75, 3.05) is 13.2 Å². The minimum absolute atomic E-state index is 0.0231. The highest BCUT2D eigenvalue weighted by atomic mass is 16.5. The number of aromatic hydroxyl groups is 1. The predicted molar refractivity (Wildman–Crippen MR) is 157 cm³/mol. The van der Waals surface area contributed by atoms with Gasteiger partial charge in [-0.3, -0.25) is 14.3 Å². The number of carbonyl (C=O) groups is 3. The lowest BCUT2D eigenvalue weighted by Crippen LogP contribution is -2.53. The Kier molecular flexibility index (Phi) is 10.6. The fourth-order valence-electron chi connectivity index (χ4n) is 4.53. The van der Waals surface area contributed by atoms with E-state index in [2.05, 4.69) is 10.6 Å². The summed E-state index contributed by atoms with van der Waals surface area (Å²) in [5.41, 5.74) is 4.58. The van der Waals surface area contributed by atoms with Gasteiger partial charge in [-0.2, -0.15) is 0 Å². The topological polar surface area (TPSA) is 200 Å². The normalized spacial score (nSPS) is 16.8. The Bertz CT molecular complexity index is 1330. The first-order valence-electron chi connectivity index (χ1n) is 14.0. The number of rotatable bonds is 14. The average molecular weight is 599 g/mol. The Hall–Kier alpha value is -4.36. The Morgan fingerprint density at radius 1 is 1.00 bits per heavy atom. The van der Waals surface area contributed by atoms with Gasteiger partial charge in [-0.15, -0.1) is 0 Å². The van der Waals surface area contributed by atoms with Gasteiger partial charge in [0.25, 0.3) is 5.91 Å². The summed E-state index contributed by atoms with van der Waals surface area (Å²) < 4.78 is 6.28. The van der Waals surface area contributed by atoms with Gasteiger partial charge in [0.05, 0.1) is 5.56 Å². The molecule has 0 aliphatic carbocycles. The number of amidine groups is 1. The van der Waals surface area contributed by atoms with Gasteiger partial charge in [-0.05, 0) is 95.5 Å². The molecule has 0 aromatic heterocycles. The van der Waals surface area contributed by atoms with Gasteiger partial charge in [0.1, 0.15) is 29.1 Å². The van der Waals surface area contributed by atoms with Crippen LogP contribution >= 0.6 is 0 Å². The van der Waals surface area contributed by atoms with Crippen LogP contribution < -0.4 is 21.1 Å². The maximum Gasteiger partial charge on any atom is 0.326 e. The summed E-state index contributed by atoms with van der Waals surface area (Å²) in [5.74, 6) is -2.22. The quantitative estimate of drug-likeness (QED) is 0.122. The monoisotopic (exact) mass is 598 g/mol. The molecular weight excluding hydrogens is 558 g/mol. The van der Waals surface area contributed by atoms with Crippen molar-refractivity contribution in [2.24, 2.45) is 5.73 Å². The number of aliphatic carboxylic acids is 1. The third-order valence-corrected chi connectivity index (χ3v) is 7.97. The number of phenolic OH excluding ortho intramolecular Hbond substituents is 1. The Balaban J connectivity index is 1.68. The maximum absolute atomic E-state index is 13.1. The molecule has 0 bridgehead atoms. The number of nitrogens with one attached hydrogen (secondary N) is 2. The number of nitrogens with zero attached hydrogens (tertiary/aromatic N) is 2. The molecule has 1 aliphatic rings. The fraction of sp³-hybridized carbons (Fsp3) is 0.467. The van der Waals surface area contributed by atoms with E-state index in [1.165, 1.54) is 24.3 Å². The van der Waals surface area contributed by atoms with Crippen molar-refractivity contribution in [1.82, 2.24) is 15.7 Å². The van der Waals surface area contributed by atoms with E-state index >= 15 is 0 Å². The molecule has 0 spiro atoms. The van der Waals surface area contributed by atoms with E-state index in [0.29, 0.717) is 40.3 Å². The number of carboxylic acid groups (broad SMARTS) is 1. The minimum atomic E-state index is -1.20. The number of nitrogens with two attached hydrogens (primary N) is 1. The number of hydrogen-bond donors (Lipinski definition) is 5. The van der Waals surface area contributed by atoms with Crippen LogP contribution in [0.15, 0.2) is 48.5 Å². The lowest BCUT2D eigenvalue weighted by molar-refractivity contribution is -0.539. The number of hydrogen-bond acceptors (Lipinski definition) is 8. The second-order valence-electron chi connectivity index (χ2n) is 11.5. The molecule has 233 valence electrons. The van der Waals surface area contributed by atoms with Crippen LogP contribution in [0.3, 0.4) is 0 Å². The summed E-state index contributed by atoms with van der Waals surface area (Å²) >= 11 is 0. The number of unbranched alkanes of at least 4 members (excludes halogenated alkanes) is 1. The first kappa shape index (κ1) is 33.1. The second kappa shape index (κ2) is 13.7. The molecule has 6 N–H and O–H groups in total. The zero-order valence-electron chi connectivity index (χ0n) is 24.8. The van der Waals surface area contributed by atoms with Crippen molar-refractivity contribution in [3.63, 3.8) is 0 Å². The molecule has 13 nitrogen and oxygen atoms in total. The van der Waals surface area contributed by atoms with E-state index in [1.54, 1.807) is 52.0 Å². The smallest absolute Gasteiger partial charge is 0.326 e. The number of ether oxygens (including phenoxy) is 1. The Morgan fingerprint density at radius 2 is 1.63 bits per heavy atom. The van der Waals surface area contributed by atoms with Crippen molar-refractivity contribution in [2.45, 2.75) is 76.5 Å². The van der Waals surface area contributed by atoms with Gasteiger partial charge >= 0.3 is 11.8 Å². The van der Waals surface area contributed by atoms with Crippen LogP contribution in [-0.2, 0) is 26.0 Å². The number of phenols is 1. The lowest BCUT2D eigenvalue weighted by Gasteiger charge is -2.32. The molecule has 0 unspecified atom stereocenters. The van der Waals surface area contributed by atoms with E-state index < -0.39 is 47.6 Å². The molecule has 2 amide bonds. The Morgan fingerprint density at radius 3 is 2.16 bits per heavy atom. The number of benzene rings is 2. The van der Waals surface area contributed by atoms with Crippen LogP contribution in [0.1, 0.15) is 58.1 Å². The lowest BCUT2D eigenvalue weighted by atomic mass is 9.84. The van der Waals surface area contributed by atoms with E-state index in [-0.39, 0.29) is 30.2 Å². The fourth-order valence-corrected chi connectivity index (χ4v) is 4.53. The van der Waals surface area contributed by atoms with Crippen LogP contribution in [0.2, 0.25) is 0 Å². The summed E-state index contributed by atoms with van der Waals surface area (Å²) in [6.07, 6.45) is 1.32. The van der Waals surface area contributed by atoms with Gasteiger partial charge in [0, 0.05) is 11.6 Å². The highest BCUT2D eigenvalue weighted by Crippen LogP contribution is 2.37. The molecule has 1 aliphatic heterocycles. The van der Waals surface area contributed by atoms with Crippen LogP contribution in [-0.4, -0.2) is 79.9 Å². The molecule has 0 saturated carbocycles. The summed E-state index contributed by atoms with van der Waals surface area (Å²) in [4.78, 5) is 37.7. The maximum atomic E-state index is 13.1. The number of carbonyl (C=O) groups excluding carboxylic acids is 2. The summed E-state index contributed by atoms with van der Waals surface area (Å²) in [5, 5.41) is 50.7. The summed E-state index contributed by atoms with van der Waals surface area (Å²) in [6.45, 7) is 6.74. The zero-order valence-corrected chi connectivity index (χ0v) is 24.8. The van der Waals surface area contributed by atoms with Crippen molar-refractivity contribution in [3.05, 3.63) is 64.9 Å². The van der Waals surface area contributed by atoms with Crippen LogP contribution in [0, 0.1) is 5.21 Å². The van der Waals surface area contributed by atoms with Crippen LogP contribution in [0.4, 0.5) is 0 Å². The second-order valence-corrected chi connectivity index (χ2v) is 11.5. The number of carboxylic acids is 1. The SMILES string of the molecule is CC1(C)N([O])C(c2ccc(OCC(=O)N[C@@H](Cc3ccc(O)cc3)C(=O)N[C@@H](CCCCN)C(=O)O)cc2)=[N+]([O-])C1(C)C. The third kappa shape index (κ3) is 7.73. The molecule has 2 aromatic carbocycles. The van der Waals surface area contributed by atoms with Crippen molar-refractivity contribution in [3.8, 4) is 11.5 Å². The van der Waals surface area contributed by atoms with Crippen molar-refractivity contribution in [1.29, 1.82) is 0 Å². The van der Waals surface area contributed by atoms with Gasteiger partial charge < -0.3 is 36.5 Å². The highest BCUT2D eigenvalue weighted by molar-refractivity contribution is 5.96. The first-order chi connectivity index (χ1) is 20.2. The highest BCUT2D eigenvalue weighted by Gasteiger charge is 2.59. The zero-order chi connectivity index (χ0) is 31.9. The molecule has 1 heterocycles. The van der Waals surface area contributed by atoms with Gasteiger partial charge in [0.2, 0.25) is 5.91 Å². The average Bonchev–Trinajstić information content (AvgIpc) is 3.08. The molecule has 2 aromatic rings. The van der Waals surface area contributed by atoms with Gasteiger partial charge in [-0.1, -0.05) is 17.2 Å². The third-order valence-electron chi connectivity index (χ3n) is 7.97. The largest absolute Gasteiger partial charge is 0.714 e. The number of hydroxylamine groups is 3. The molecular formula is C30H40N5O8. The first-order valence-corrected chi connectivity index (χ1v) is 14.0. The summed E-state index contributed by atoms with van der Waals surface area (Å²) in [7, 11) is 0. The molecule has 2 atom stereocenters. The van der Waals surface area contributed by atoms with Crippen molar-refractivity contribution >= 4 is 23.6 Å². The summed E-state index contributed by atoms with van der Waals surface area (Å²) in [6, 6.07) is 9.92. The molecule has 1 radical (unpaired) electrons. The van der Waals surface area contributed by atoms with E-state index in [0.717, 1.165) is 0 Å². The molecule has 0 saturated heterocycles. The molecule has 13 heteroatoms. The van der Waals surface area contributed by atoms with E-state index in [4.69, 9.17) is 10.5 Å². The van der Waals surface area contributed by atoms with Gasteiger partial charge in [0.15, 0.2) is 12.1 Å². The van der Waals surface area contributed by atoms with Crippen LogP contribution in [0.25, 0.3) is 0 Å². The van der Waals surface area contributed by atoms with Crippen molar-refractivity contribution < 1.29 is 39.3 Å². The minimum Gasteiger partial charge on any atom is -0.714 e. The number of amides is 2. The Labute approximate surface area is 250 Å².